The first-order valence-electron chi connectivity index (χ1n) is 2.60. The normalized spacial score (nSPS) is 10.9. The van der Waals surface area contributed by atoms with E-state index in [0.29, 0.717) is 5.92 Å². The molecule has 0 saturated heterocycles. The summed E-state index contributed by atoms with van der Waals surface area (Å²) in [6, 6.07) is 0. The summed E-state index contributed by atoms with van der Waals surface area (Å²) in [6.07, 6.45) is 2.53. The molecule has 0 aromatic heterocycles. The third-order valence-electron chi connectivity index (χ3n) is 0.781. The summed E-state index contributed by atoms with van der Waals surface area (Å²) >= 11 is 0. The maximum Gasteiger partial charge on any atom is 2.00 e. The van der Waals surface area contributed by atoms with Gasteiger partial charge < -0.3 is 19.3 Å². The third-order valence-corrected chi connectivity index (χ3v) is 0.781. The molecular weight excluding hydrogens is 132 g/mol. The zero-order chi connectivity index (χ0) is 4.99. The molecule has 0 aliphatic rings. The predicted octanol–water partition coefficient (Wildman–Crippen LogP) is -1.12. The van der Waals surface area contributed by atoms with Gasteiger partial charge in [0, 0.05) is 0 Å². The molecule has 0 saturated carbocycles. The average Bonchev–Trinajstić information content (AvgIpc) is 1.35. The molecule has 0 nitrogen and oxygen atoms in total. The smallest absolute Gasteiger partial charge is 1.00 e. The molecule has 0 rings (SSSR count). The molecule has 0 aromatic carbocycles. The van der Waals surface area contributed by atoms with Gasteiger partial charge in [0.15, 0.2) is 0 Å². The van der Waals surface area contributed by atoms with Gasteiger partial charge in [0.1, 0.15) is 0 Å². The first-order chi connectivity index (χ1) is 2.77. The predicted molar refractivity (Wildman–Crippen MR) is 35.2 cm³/mol. The summed E-state index contributed by atoms with van der Waals surface area (Å²) < 4.78 is 0. The molecule has 0 aromatic rings. The Kier molecular flexibility index (Phi) is 21.9. The summed E-state index contributed by atoms with van der Waals surface area (Å²) in [5.41, 5.74) is 0. The number of hydrogen-bond acceptors (Lipinski definition) is 0. The Labute approximate surface area is 75.0 Å². The molecule has 1 unspecified atom stereocenters. The van der Waals surface area contributed by atoms with E-state index in [4.69, 9.17) is 0 Å². The van der Waals surface area contributed by atoms with Crippen molar-refractivity contribution >= 4 is 23.1 Å². The minimum absolute atomic E-state index is 0. The van der Waals surface area contributed by atoms with Gasteiger partial charge in [0.25, 0.3) is 0 Å². The van der Waals surface area contributed by atoms with Gasteiger partial charge in [-0.05, 0) is 0 Å². The van der Waals surface area contributed by atoms with Gasteiger partial charge in [-0.3, -0.25) is 0 Å². The van der Waals surface area contributed by atoms with E-state index >= 15 is 0 Å². The molecular formula is C6H13ClMg. The summed E-state index contributed by atoms with van der Waals surface area (Å²) in [7, 11) is 0. The van der Waals surface area contributed by atoms with Crippen LogP contribution in [0.25, 0.3) is 0 Å². The molecule has 1 atom stereocenters. The van der Waals surface area contributed by atoms with E-state index in [1.165, 1.54) is 12.8 Å². The fourth-order valence-corrected chi connectivity index (χ4v) is 0.493. The second-order valence-electron chi connectivity index (χ2n) is 1.89. The van der Waals surface area contributed by atoms with Crippen LogP contribution in [0, 0.1) is 12.8 Å². The molecule has 0 fully saturated rings. The molecule has 2 heteroatoms. The number of halogens is 1. The van der Waals surface area contributed by atoms with Crippen molar-refractivity contribution in [2.75, 3.05) is 0 Å². The van der Waals surface area contributed by atoms with Crippen molar-refractivity contribution in [1.29, 1.82) is 0 Å². The minimum Gasteiger partial charge on any atom is -1.00 e. The Balaban J connectivity index is -0.000000125. The molecule has 0 heterocycles. The maximum atomic E-state index is 3.83. The van der Waals surface area contributed by atoms with Gasteiger partial charge in [-0.15, -0.1) is 0 Å². The molecule has 0 radical (unpaired) electrons. The maximum absolute atomic E-state index is 3.83. The topological polar surface area (TPSA) is 0 Å². The fraction of sp³-hybridized carbons (Fsp3) is 0.833. The standard InChI is InChI=1S/C6H13.ClH.Mg/c1-4-5-6(2)3;;/h6H,2,4-5H2,1,3H3;1H;/q-1;;+2/p-1. The summed E-state index contributed by atoms with van der Waals surface area (Å²) in [5.74, 6) is 0.648. The second-order valence-corrected chi connectivity index (χ2v) is 1.89. The number of rotatable bonds is 2. The summed E-state index contributed by atoms with van der Waals surface area (Å²) in [4.78, 5) is 0. The van der Waals surface area contributed by atoms with Crippen LogP contribution in [-0.4, -0.2) is 23.1 Å². The van der Waals surface area contributed by atoms with Crippen LogP contribution in [0.15, 0.2) is 0 Å². The van der Waals surface area contributed by atoms with Crippen LogP contribution in [0.1, 0.15) is 26.7 Å². The zero-order valence-electron chi connectivity index (χ0n) is 5.78. The summed E-state index contributed by atoms with van der Waals surface area (Å²) in [6.45, 7) is 8.15. The second kappa shape index (κ2) is 10.9. The van der Waals surface area contributed by atoms with Crippen LogP contribution >= 0.6 is 0 Å². The van der Waals surface area contributed by atoms with E-state index in [9.17, 15) is 0 Å². The van der Waals surface area contributed by atoms with Gasteiger partial charge in [0.2, 0.25) is 0 Å². The molecule has 8 heavy (non-hydrogen) atoms. The van der Waals surface area contributed by atoms with E-state index in [2.05, 4.69) is 20.8 Å². The quantitative estimate of drug-likeness (QED) is 0.341. The monoisotopic (exact) mass is 144 g/mol. The Bertz CT molecular complexity index is 29.7. The van der Waals surface area contributed by atoms with Crippen molar-refractivity contribution in [3.05, 3.63) is 6.92 Å². The van der Waals surface area contributed by atoms with Gasteiger partial charge in [-0.1, -0.05) is 26.7 Å². The van der Waals surface area contributed by atoms with Gasteiger partial charge in [-0.25, -0.2) is 0 Å². The van der Waals surface area contributed by atoms with Crippen molar-refractivity contribution in [2.24, 2.45) is 5.92 Å². The first kappa shape index (κ1) is 16.0. The van der Waals surface area contributed by atoms with Crippen molar-refractivity contribution < 1.29 is 12.4 Å². The SMILES string of the molecule is [CH2-]C(C)CCC.[Cl-].[Mg+2]. The zero-order valence-corrected chi connectivity index (χ0v) is 7.95. The van der Waals surface area contributed by atoms with Crippen LogP contribution in [0.3, 0.4) is 0 Å². The van der Waals surface area contributed by atoms with Gasteiger partial charge >= 0.3 is 23.1 Å². The molecule has 0 amide bonds. The Morgan fingerprint density at radius 1 is 1.50 bits per heavy atom. The van der Waals surface area contributed by atoms with Gasteiger partial charge in [-0.2, -0.15) is 5.92 Å². The summed E-state index contributed by atoms with van der Waals surface area (Å²) in [5, 5.41) is 0. The van der Waals surface area contributed by atoms with Crippen LogP contribution in [-0.2, 0) is 0 Å². The molecule has 0 N–H and O–H groups in total. The van der Waals surface area contributed by atoms with Crippen LogP contribution < -0.4 is 12.4 Å². The van der Waals surface area contributed by atoms with E-state index in [1.807, 2.05) is 0 Å². The largest absolute Gasteiger partial charge is 2.00 e. The minimum atomic E-state index is 0. The molecule has 0 bridgehead atoms. The first-order valence-corrected chi connectivity index (χ1v) is 2.60. The van der Waals surface area contributed by atoms with E-state index in [0.717, 1.165) is 0 Å². The van der Waals surface area contributed by atoms with Crippen LogP contribution in [0.4, 0.5) is 0 Å². The van der Waals surface area contributed by atoms with Crippen molar-refractivity contribution in [2.45, 2.75) is 26.7 Å². The van der Waals surface area contributed by atoms with Crippen molar-refractivity contribution in [3.63, 3.8) is 0 Å². The molecule has 0 aliphatic carbocycles. The number of hydrogen-bond donors (Lipinski definition) is 0. The molecule has 46 valence electrons. The van der Waals surface area contributed by atoms with E-state index in [1.54, 1.807) is 0 Å². The van der Waals surface area contributed by atoms with Crippen LogP contribution in [0.2, 0.25) is 0 Å². The Hall–Kier alpha value is 1.06. The molecule has 0 spiro atoms. The van der Waals surface area contributed by atoms with E-state index < -0.39 is 0 Å². The average molecular weight is 145 g/mol. The molecule has 0 aliphatic heterocycles. The van der Waals surface area contributed by atoms with Gasteiger partial charge in [0.05, 0.1) is 0 Å². The third kappa shape index (κ3) is 15.7. The van der Waals surface area contributed by atoms with Crippen LogP contribution in [0.5, 0.6) is 0 Å². The Morgan fingerprint density at radius 2 is 1.88 bits per heavy atom. The van der Waals surface area contributed by atoms with Crippen molar-refractivity contribution in [3.8, 4) is 0 Å². The Morgan fingerprint density at radius 3 is 1.88 bits per heavy atom. The van der Waals surface area contributed by atoms with E-state index in [-0.39, 0.29) is 35.5 Å². The fourth-order valence-electron chi connectivity index (χ4n) is 0.493. The van der Waals surface area contributed by atoms with Crippen molar-refractivity contribution in [1.82, 2.24) is 0 Å².